The van der Waals surface area contributed by atoms with Gasteiger partial charge in [0.05, 0.1) is 7.11 Å². The SMILES string of the molecule is CNC(c1cc(C)c(OC)cc1C)C1CC1. The molecule has 1 fully saturated rings. The molecule has 0 aliphatic heterocycles. The van der Waals surface area contributed by atoms with E-state index in [9.17, 15) is 0 Å². The predicted molar refractivity (Wildman–Crippen MR) is 67.0 cm³/mol. The molecule has 1 unspecified atom stereocenters. The number of aryl methyl sites for hydroxylation is 2. The van der Waals surface area contributed by atoms with Crippen molar-refractivity contribution in [3.05, 3.63) is 28.8 Å². The van der Waals surface area contributed by atoms with Crippen LogP contribution in [0.2, 0.25) is 0 Å². The fourth-order valence-electron chi connectivity index (χ4n) is 2.44. The Bertz CT molecular complexity index is 383. The molecule has 1 atom stereocenters. The molecule has 16 heavy (non-hydrogen) atoms. The van der Waals surface area contributed by atoms with E-state index in [1.165, 1.54) is 29.5 Å². The Morgan fingerprint density at radius 2 is 1.94 bits per heavy atom. The lowest BCUT2D eigenvalue weighted by Gasteiger charge is -2.20. The van der Waals surface area contributed by atoms with Gasteiger partial charge in [-0.15, -0.1) is 0 Å². The molecule has 1 aliphatic rings. The smallest absolute Gasteiger partial charge is 0.122 e. The minimum Gasteiger partial charge on any atom is -0.496 e. The summed E-state index contributed by atoms with van der Waals surface area (Å²) in [6.07, 6.45) is 2.71. The highest BCUT2D eigenvalue weighted by molar-refractivity contribution is 5.43. The monoisotopic (exact) mass is 219 g/mol. The number of nitrogens with one attached hydrogen (secondary N) is 1. The van der Waals surface area contributed by atoms with Gasteiger partial charge in [0.1, 0.15) is 5.75 Å². The predicted octanol–water partition coefficient (Wildman–Crippen LogP) is 2.98. The van der Waals surface area contributed by atoms with Gasteiger partial charge in [0.15, 0.2) is 0 Å². The molecule has 2 rings (SSSR count). The van der Waals surface area contributed by atoms with E-state index in [1.807, 2.05) is 0 Å². The Morgan fingerprint density at radius 3 is 2.44 bits per heavy atom. The standard InChI is InChI=1S/C14H21NO/c1-9-8-13(16-4)10(2)7-12(9)14(15-3)11-5-6-11/h7-8,11,14-15H,5-6H2,1-4H3. The van der Waals surface area contributed by atoms with Gasteiger partial charge in [0, 0.05) is 6.04 Å². The number of ether oxygens (including phenoxy) is 1. The lowest BCUT2D eigenvalue weighted by atomic mass is 9.95. The fourth-order valence-corrected chi connectivity index (χ4v) is 2.44. The topological polar surface area (TPSA) is 21.3 Å². The van der Waals surface area contributed by atoms with Crippen molar-refractivity contribution in [2.24, 2.45) is 5.92 Å². The van der Waals surface area contributed by atoms with Crippen molar-refractivity contribution in [3.8, 4) is 5.75 Å². The highest BCUT2D eigenvalue weighted by Gasteiger charge is 2.32. The molecule has 1 aromatic carbocycles. The average molecular weight is 219 g/mol. The zero-order valence-corrected chi connectivity index (χ0v) is 10.6. The molecule has 1 N–H and O–H groups in total. The number of methoxy groups -OCH3 is 1. The van der Waals surface area contributed by atoms with Crippen LogP contribution in [0.1, 0.15) is 35.6 Å². The van der Waals surface area contributed by atoms with E-state index in [1.54, 1.807) is 7.11 Å². The molecule has 0 saturated heterocycles. The van der Waals surface area contributed by atoms with Gasteiger partial charge in [-0.3, -0.25) is 0 Å². The van der Waals surface area contributed by atoms with Crippen molar-refractivity contribution in [1.29, 1.82) is 0 Å². The van der Waals surface area contributed by atoms with E-state index in [-0.39, 0.29) is 0 Å². The highest BCUT2D eigenvalue weighted by atomic mass is 16.5. The van der Waals surface area contributed by atoms with E-state index >= 15 is 0 Å². The summed E-state index contributed by atoms with van der Waals surface area (Å²) in [6.45, 7) is 4.28. The average Bonchev–Trinajstić information content (AvgIpc) is 3.08. The Labute approximate surface area is 98.0 Å². The molecule has 0 bridgehead atoms. The zero-order valence-electron chi connectivity index (χ0n) is 10.6. The third-order valence-corrected chi connectivity index (χ3v) is 3.52. The van der Waals surface area contributed by atoms with Crippen LogP contribution >= 0.6 is 0 Å². The van der Waals surface area contributed by atoms with Crippen LogP contribution in [-0.2, 0) is 0 Å². The first-order valence-corrected chi connectivity index (χ1v) is 5.99. The largest absolute Gasteiger partial charge is 0.496 e. The van der Waals surface area contributed by atoms with Crippen molar-refractivity contribution in [2.45, 2.75) is 32.7 Å². The van der Waals surface area contributed by atoms with Crippen molar-refractivity contribution < 1.29 is 4.74 Å². The second-order valence-electron chi connectivity index (χ2n) is 4.78. The number of benzene rings is 1. The van der Waals surface area contributed by atoms with Gasteiger partial charge >= 0.3 is 0 Å². The molecule has 88 valence electrons. The van der Waals surface area contributed by atoms with E-state index in [0.717, 1.165) is 11.7 Å². The molecular formula is C14H21NO. The van der Waals surface area contributed by atoms with Crippen LogP contribution in [0, 0.1) is 19.8 Å². The molecule has 0 aromatic heterocycles. The first-order chi connectivity index (χ1) is 7.67. The Kier molecular flexibility index (Phi) is 3.20. The quantitative estimate of drug-likeness (QED) is 0.840. The fraction of sp³-hybridized carbons (Fsp3) is 0.571. The van der Waals surface area contributed by atoms with Crippen LogP contribution < -0.4 is 10.1 Å². The van der Waals surface area contributed by atoms with Crippen LogP contribution in [0.4, 0.5) is 0 Å². The first kappa shape index (κ1) is 11.5. The van der Waals surface area contributed by atoms with Gasteiger partial charge in [-0.1, -0.05) is 6.07 Å². The molecule has 1 saturated carbocycles. The molecule has 0 heterocycles. The van der Waals surface area contributed by atoms with Crippen LogP contribution in [-0.4, -0.2) is 14.2 Å². The molecule has 1 aliphatic carbocycles. The Balaban J connectivity index is 2.36. The number of rotatable bonds is 4. The highest BCUT2D eigenvalue weighted by Crippen LogP contribution is 2.42. The molecule has 0 amide bonds. The van der Waals surface area contributed by atoms with E-state index in [4.69, 9.17) is 4.74 Å². The third-order valence-electron chi connectivity index (χ3n) is 3.52. The number of hydrogen-bond acceptors (Lipinski definition) is 2. The van der Waals surface area contributed by atoms with Crippen molar-refractivity contribution >= 4 is 0 Å². The van der Waals surface area contributed by atoms with Gasteiger partial charge < -0.3 is 10.1 Å². The molecule has 0 spiro atoms. The normalized spacial score (nSPS) is 17.2. The summed E-state index contributed by atoms with van der Waals surface area (Å²) < 4.78 is 5.35. The summed E-state index contributed by atoms with van der Waals surface area (Å²) in [7, 11) is 3.79. The van der Waals surface area contributed by atoms with Crippen LogP contribution in [0.5, 0.6) is 5.75 Å². The van der Waals surface area contributed by atoms with E-state index in [2.05, 4.69) is 38.3 Å². The molecule has 0 radical (unpaired) electrons. The lowest BCUT2D eigenvalue weighted by molar-refractivity contribution is 0.410. The Hall–Kier alpha value is -1.02. The van der Waals surface area contributed by atoms with Gasteiger partial charge in [-0.2, -0.15) is 0 Å². The maximum absolute atomic E-state index is 5.35. The summed E-state index contributed by atoms with van der Waals surface area (Å²) in [5.41, 5.74) is 3.99. The second-order valence-corrected chi connectivity index (χ2v) is 4.78. The lowest BCUT2D eigenvalue weighted by Crippen LogP contribution is -2.19. The van der Waals surface area contributed by atoms with Crippen LogP contribution in [0.25, 0.3) is 0 Å². The maximum atomic E-state index is 5.35. The summed E-state index contributed by atoms with van der Waals surface area (Å²) >= 11 is 0. The van der Waals surface area contributed by atoms with E-state index < -0.39 is 0 Å². The molecule has 2 nitrogen and oxygen atoms in total. The van der Waals surface area contributed by atoms with Crippen molar-refractivity contribution in [1.82, 2.24) is 5.32 Å². The molecule has 1 aromatic rings. The van der Waals surface area contributed by atoms with Crippen molar-refractivity contribution in [3.63, 3.8) is 0 Å². The second kappa shape index (κ2) is 4.46. The minimum atomic E-state index is 0.518. The summed E-state index contributed by atoms with van der Waals surface area (Å²) in [5, 5.41) is 3.44. The molecular weight excluding hydrogens is 198 g/mol. The summed E-state index contributed by atoms with van der Waals surface area (Å²) in [5.74, 6) is 1.82. The van der Waals surface area contributed by atoms with Gasteiger partial charge in [-0.05, 0) is 62.4 Å². The number of hydrogen-bond donors (Lipinski definition) is 1. The summed E-state index contributed by atoms with van der Waals surface area (Å²) in [4.78, 5) is 0. The van der Waals surface area contributed by atoms with Crippen LogP contribution in [0.15, 0.2) is 12.1 Å². The van der Waals surface area contributed by atoms with E-state index in [0.29, 0.717) is 6.04 Å². The van der Waals surface area contributed by atoms with Gasteiger partial charge in [-0.25, -0.2) is 0 Å². The van der Waals surface area contributed by atoms with Crippen molar-refractivity contribution in [2.75, 3.05) is 14.2 Å². The molecule has 2 heteroatoms. The zero-order chi connectivity index (χ0) is 11.7. The first-order valence-electron chi connectivity index (χ1n) is 5.99. The van der Waals surface area contributed by atoms with Gasteiger partial charge in [0.2, 0.25) is 0 Å². The Morgan fingerprint density at radius 1 is 1.25 bits per heavy atom. The van der Waals surface area contributed by atoms with Gasteiger partial charge in [0.25, 0.3) is 0 Å². The third kappa shape index (κ3) is 2.07. The minimum absolute atomic E-state index is 0.518. The maximum Gasteiger partial charge on any atom is 0.122 e. The summed E-state index contributed by atoms with van der Waals surface area (Å²) in [6, 6.07) is 4.94. The van der Waals surface area contributed by atoms with Crippen LogP contribution in [0.3, 0.4) is 0 Å².